The molecular formula is C19H27N3O4. The normalized spacial score (nSPS) is 16.7. The Morgan fingerprint density at radius 1 is 1.23 bits per heavy atom. The van der Waals surface area contributed by atoms with Crippen LogP contribution in [0.4, 0.5) is 10.5 Å². The summed E-state index contributed by atoms with van der Waals surface area (Å²) in [7, 11) is 0. The maximum atomic E-state index is 12.3. The van der Waals surface area contributed by atoms with E-state index in [1.54, 1.807) is 11.8 Å². The summed E-state index contributed by atoms with van der Waals surface area (Å²) < 4.78 is 4.99. The van der Waals surface area contributed by atoms with Gasteiger partial charge in [-0.25, -0.2) is 4.79 Å². The van der Waals surface area contributed by atoms with Gasteiger partial charge in [-0.1, -0.05) is 25.1 Å². The third kappa shape index (κ3) is 5.47. The number of amides is 3. The highest BCUT2D eigenvalue weighted by atomic mass is 16.6. The molecular weight excluding hydrogens is 334 g/mol. The van der Waals surface area contributed by atoms with Gasteiger partial charge in [-0.2, -0.15) is 0 Å². The van der Waals surface area contributed by atoms with Crippen LogP contribution in [0.2, 0.25) is 0 Å². The molecule has 7 heteroatoms. The molecule has 1 aliphatic rings. The fourth-order valence-electron chi connectivity index (χ4n) is 3.03. The SMILES string of the molecule is CCOC(=O)N1CCCC(C(=O)NCC(=O)Nc2ccccc2CC)C1. The third-order valence-corrected chi connectivity index (χ3v) is 4.41. The first-order chi connectivity index (χ1) is 12.5. The number of aryl methyl sites for hydroxylation is 1. The molecule has 1 heterocycles. The van der Waals surface area contributed by atoms with E-state index in [1.807, 2.05) is 31.2 Å². The molecule has 1 unspecified atom stereocenters. The van der Waals surface area contributed by atoms with Gasteiger partial charge < -0.3 is 20.3 Å². The maximum absolute atomic E-state index is 12.3. The Kier molecular flexibility index (Phi) is 7.44. The van der Waals surface area contributed by atoms with E-state index in [1.165, 1.54) is 0 Å². The summed E-state index contributed by atoms with van der Waals surface area (Å²) in [6.45, 7) is 4.91. The minimum absolute atomic E-state index is 0.0905. The van der Waals surface area contributed by atoms with Gasteiger partial charge in [0.15, 0.2) is 0 Å². The third-order valence-electron chi connectivity index (χ3n) is 4.41. The quantitative estimate of drug-likeness (QED) is 0.813. The van der Waals surface area contributed by atoms with Crippen LogP contribution in [0.1, 0.15) is 32.3 Å². The van der Waals surface area contributed by atoms with Crippen LogP contribution < -0.4 is 10.6 Å². The number of likely N-dealkylation sites (tertiary alicyclic amines) is 1. The number of anilines is 1. The molecule has 7 nitrogen and oxygen atoms in total. The van der Waals surface area contributed by atoms with E-state index in [2.05, 4.69) is 10.6 Å². The summed E-state index contributed by atoms with van der Waals surface area (Å²) >= 11 is 0. The van der Waals surface area contributed by atoms with Crippen molar-refractivity contribution in [1.82, 2.24) is 10.2 Å². The van der Waals surface area contributed by atoms with E-state index in [0.717, 1.165) is 24.1 Å². The minimum atomic E-state index is -0.390. The maximum Gasteiger partial charge on any atom is 0.409 e. The van der Waals surface area contributed by atoms with Crippen LogP contribution in [-0.2, 0) is 20.7 Å². The van der Waals surface area contributed by atoms with Gasteiger partial charge in [0, 0.05) is 18.8 Å². The molecule has 1 saturated heterocycles. The van der Waals surface area contributed by atoms with Gasteiger partial charge in [-0.05, 0) is 37.8 Å². The molecule has 0 saturated carbocycles. The molecule has 2 N–H and O–H groups in total. The number of hydrogen-bond donors (Lipinski definition) is 2. The van der Waals surface area contributed by atoms with Gasteiger partial charge in [0.1, 0.15) is 0 Å². The van der Waals surface area contributed by atoms with E-state index in [4.69, 9.17) is 4.74 Å². The molecule has 0 radical (unpaired) electrons. The van der Waals surface area contributed by atoms with Crippen molar-refractivity contribution in [2.24, 2.45) is 5.92 Å². The van der Waals surface area contributed by atoms with E-state index in [0.29, 0.717) is 26.1 Å². The lowest BCUT2D eigenvalue weighted by Crippen LogP contribution is -2.46. The second kappa shape index (κ2) is 9.79. The molecule has 2 rings (SSSR count). The fourth-order valence-corrected chi connectivity index (χ4v) is 3.03. The average molecular weight is 361 g/mol. The number of hydrogen-bond acceptors (Lipinski definition) is 4. The summed E-state index contributed by atoms with van der Waals surface area (Å²) in [6, 6.07) is 7.59. The average Bonchev–Trinajstić information content (AvgIpc) is 2.67. The topological polar surface area (TPSA) is 87.7 Å². The molecule has 1 aliphatic heterocycles. The van der Waals surface area contributed by atoms with Crippen molar-refractivity contribution in [3.8, 4) is 0 Å². The second-order valence-corrected chi connectivity index (χ2v) is 6.26. The molecule has 0 spiro atoms. The minimum Gasteiger partial charge on any atom is -0.450 e. The predicted octanol–water partition coefficient (Wildman–Crippen LogP) is 2.17. The highest BCUT2D eigenvalue weighted by Crippen LogP contribution is 2.18. The number of nitrogens with zero attached hydrogens (tertiary/aromatic N) is 1. The van der Waals surface area contributed by atoms with Crippen molar-refractivity contribution in [1.29, 1.82) is 0 Å². The van der Waals surface area contributed by atoms with E-state index in [9.17, 15) is 14.4 Å². The molecule has 3 amide bonds. The van der Waals surface area contributed by atoms with Crippen molar-refractivity contribution in [2.45, 2.75) is 33.1 Å². The van der Waals surface area contributed by atoms with Crippen molar-refractivity contribution in [2.75, 3.05) is 31.6 Å². The first kappa shape index (κ1) is 19.8. The molecule has 26 heavy (non-hydrogen) atoms. The van der Waals surface area contributed by atoms with Crippen LogP contribution in [0, 0.1) is 5.92 Å². The zero-order valence-electron chi connectivity index (χ0n) is 15.4. The van der Waals surface area contributed by atoms with Crippen LogP contribution in [0.25, 0.3) is 0 Å². The Morgan fingerprint density at radius 3 is 2.73 bits per heavy atom. The Morgan fingerprint density at radius 2 is 2.00 bits per heavy atom. The van der Waals surface area contributed by atoms with Crippen molar-refractivity contribution < 1.29 is 19.1 Å². The summed E-state index contributed by atoms with van der Waals surface area (Å²) in [5.74, 6) is -0.792. The summed E-state index contributed by atoms with van der Waals surface area (Å²) in [5, 5.41) is 5.50. The number of carbonyl (C=O) groups is 3. The largest absolute Gasteiger partial charge is 0.450 e. The molecule has 1 aromatic rings. The van der Waals surface area contributed by atoms with E-state index >= 15 is 0 Å². The Balaban J connectivity index is 1.82. The Bertz CT molecular complexity index is 647. The molecule has 0 aliphatic carbocycles. The van der Waals surface area contributed by atoms with Crippen LogP contribution in [0.5, 0.6) is 0 Å². The van der Waals surface area contributed by atoms with Gasteiger partial charge in [0.25, 0.3) is 0 Å². The van der Waals surface area contributed by atoms with Crippen molar-refractivity contribution >= 4 is 23.6 Å². The molecule has 1 fully saturated rings. The summed E-state index contributed by atoms with van der Waals surface area (Å²) in [6.07, 6.45) is 1.86. The molecule has 0 bridgehead atoms. The zero-order valence-corrected chi connectivity index (χ0v) is 15.4. The van der Waals surface area contributed by atoms with Gasteiger partial charge in [0.05, 0.1) is 19.1 Å². The molecule has 142 valence electrons. The first-order valence-electron chi connectivity index (χ1n) is 9.12. The number of benzene rings is 1. The van der Waals surface area contributed by atoms with Crippen LogP contribution in [0.3, 0.4) is 0 Å². The standard InChI is InChI=1S/C19H27N3O4/c1-3-14-8-5-6-10-16(14)21-17(23)12-20-18(24)15-9-7-11-22(13-15)19(25)26-4-2/h5-6,8,10,15H,3-4,7,9,11-13H2,1-2H3,(H,20,24)(H,21,23). The summed E-state index contributed by atoms with van der Waals surface area (Å²) in [5.41, 5.74) is 1.81. The fraction of sp³-hybridized carbons (Fsp3) is 0.526. The molecule has 1 aromatic carbocycles. The van der Waals surface area contributed by atoms with Gasteiger partial charge >= 0.3 is 6.09 Å². The lowest BCUT2D eigenvalue weighted by Gasteiger charge is -2.31. The Labute approximate surface area is 154 Å². The monoisotopic (exact) mass is 361 g/mol. The number of rotatable bonds is 6. The van der Waals surface area contributed by atoms with E-state index < -0.39 is 0 Å². The first-order valence-corrected chi connectivity index (χ1v) is 9.12. The van der Waals surface area contributed by atoms with Gasteiger partial charge in [0.2, 0.25) is 11.8 Å². The number of ether oxygens (including phenoxy) is 1. The van der Waals surface area contributed by atoms with Crippen LogP contribution in [-0.4, -0.2) is 49.0 Å². The van der Waals surface area contributed by atoms with Gasteiger partial charge in [-0.15, -0.1) is 0 Å². The van der Waals surface area contributed by atoms with Crippen molar-refractivity contribution in [3.63, 3.8) is 0 Å². The second-order valence-electron chi connectivity index (χ2n) is 6.26. The van der Waals surface area contributed by atoms with Crippen LogP contribution >= 0.6 is 0 Å². The highest BCUT2D eigenvalue weighted by Gasteiger charge is 2.29. The molecule has 1 atom stereocenters. The lowest BCUT2D eigenvalue weighted by molar-refractivity contribution is -0.128. The highest BCUT2D eigenvalue weighted by molar-refractivity contribution is 5.95. The zero-order chi connectivity index (χ0) is 18.9. The number of nitrogens with one attached hydrogen (secondary N) is 2. The number of para-hydroxylation sites is 1. The lowest BCUT2D eigenvalue weighted by atomic mass is 9.97. The summed E-state index contributed by atoms with van der Waals surface area (Å²) in [4.78, 5) is 37.8. The number of carbonyl (C=O) groups excluding carboxylic acids is 3. The smallest absolute Gasteiger partial charge is 0.409 e. The van der Waals surface area contributed by atoms with Crippen molar-refractivity contribution in [3.05, 3.63) is 29.8 Å². The van der Waals surface area contributed by atoms with E-state index in [-0.39, 0.29) is 30.4 Å². The van der Waals surface area contributed by atoms with Gasteiger partial charge in [-0.3, -0.25) is 9.59 Å². The van der Waals surface area contributed by atoms with Crippen LogP contribution in [0.15, 0.2) is 24.3 Å². The molecule has 0 aromatic heterocycles. The number of piperidine rings is 1. The Hall–Kier alpha value is -2.57. The predicted molar refractivity (Wildman–Crippen MR) is 98.8 cm³/mol.